The van der Waals surface area contributed by atoms with E-state index in [1.807, 2.05) is 6.07 Å². The average Bonchev–Trinajstić information content (AvgIpc) is 2.56. The van der Waals surface area contributed by atoms with Crippen molar-refractivity contribution in [3.8, 4) is 0 Å². The smallest absolute Gasteiger partial charge is 0.226 e. The number of piperazine rings is 1. The minimum absolute atomic E-state index is 0.222. The number of rotatable bonds is 2. The number of hydrogen-bond acceptors (Lipinski definition) is 2. The van der Waals surface area contributed by atoms with Crippen LogP contribution >= 0.6 is 0 Å². The van der Waals surface area contributed by atoms with E-state index in [1.165, 1.54) is 24.8 Å². The first kappa shape index (κ1) is 14.6. The summed E-state index contributed by atoms with van der Waals surface area (Å²) in [6, 6.07) is 10.7. The Morgan fingerprint density at radius 2 is 1.76 bits per heavy atom. The van der Waals surface area contributed by atoms with Crippen molar-refractivity contribution in [2.75, 3.05) is 26.7 Å². The van der Waals surface area contributed by atoms with Crippen LogP contribution in [0.25, 0.3) is 0 Å². The minimum atomic E-state index is 0.222. The third-order valence-electron chi connectivity index (χ3n) is 5.01. The number of likely N-dealkylation sites (N-methyl/N-ethyl adjacent to an activating group) is 1. The largest absolute Gasteiger partial charge is 0.333 e. The highest BCUT2D eigenvalue weighted by atomic mass is 16.2. The minimum Gasteiger partial charge on any atom is -0.333 e. The predicted octanol–water partition coefficient (Wildman–Crippen LogP) is 3.08. The molecule has 1 atom stereocenters. The van der Waals surface area contributed by atoms with Gasteiger partial charge in [0.1, 0.15) is 0 Å². The molecule has 1 aliphatic heterocycles. The molecule has 1 aliphatic carbocycles. The molecule has 2 fully saturated rings. The summed E-state index contributed by atoms with van der Waals surface area (Å²) >= 11 is 0. The van der Waals surface area contributed by atoms with Gasteiger partial charge in [0.05, 0.1) is 6.04 Å². The van der Waals surface area contributed by atoms with Crippen LogP contribution in [0.4, 0.5) is 0 Å². The molecule has 21 heavy (non-hydrogen) atoms. The van der Waals surface area contributed by atoms with Crippen LogP contribution in [0.1, 0.15) is 43.7 Å². The second kappa shape index (κ2) is 6.61. The maximum Gasteiger partial charge on any atom is 0.226 e. The molecular formula is C18H26N2O. The maximum atomic E-state index is 13.0. The van der Waals surface area contributed by atoms with Crippen LogP contribution in [-0.2, 0) is 4.79 Å². The summed E-state index contributed by atoms with van der Waals surface area (Å²) in [6.45, 7) is 2.80. The van der Waals surface area contributed by atoms with Crippen LogP contribution < -0.4 is 0 Å². The Bertz CT molecular complexity index is 467. The SMILES string of the molecule is CN1CCN(C(=O)C2CCCCC2)C(c2ccccc2)C1. The van der Waals surface area contributed by atoms with Crippen molar-refractivity contribution in [3.63, 3.8) is 0 Å². The lowest BCUT2D eigenvalue weighted by Crippen LogP contribution is -2.51. The van der Waals surface area contributed by atoms with Crippen LogP contribution in [0.2, 0.25) is 0 Å². The molecule has 3 heteroatoms. The summed E-state index contributed by atoms with van der Waals surface area (Å²) in [5.41, 5.74) is 1.27. The molecule has 0 radical (unpaired) electrons. The lowest BCUT2D eigenvalue weighted by atomic mass is 9.87. The number of carbonyl (C=O) groups excluding carboxylic acids is 1. The number of nitrogens with zero attached hydrogens (tertiary/aromatic N) is 2. The van der Waals surface area contributed by atoms with Crippen molar-refractivity contribution in [2.45, 2.75) is 38.1 Å². The Balaban J connectivity index is 1.79. The quantitative estimate of drug-likeness (QED) is 0.834. The molecule has 1 unspecified atom stereocenters. The van der Waals surface area contributed by atoms with Crippen molar-refractivity contribution in [1.82, 2.24) is 9.80 Å². The predicted molar refractivity (Wildman–Crippen MR) is 85.0 cm³/mol. The standard InChI is InChI=1S/C18H26N2O/c1-19-12-13-20(18(21)16-10-6-3-7-11-16)17(14-19)15-8-4-2-5-9-15/h2,4-5,8-9,16-17H,3,6-7,10-14H2,1H3. The Hall–Kier alpha value is -1.35. The van der Waals surface area contributed by atoms with Gasteiger partial charge in [-0.2, -0.15) is 0 Å². The first-order valence-corrected chi connectivity index (χ1v) is 8.29. The fraction of sp³-hybridized carbons (Fsp3) is 0.611. The van der Waals surface area contributed by atoms with E-state index in [1.54, 1.807) is 0 Å². The number of carbonyl (C=O) groups is 1. The van der Waals surface area contributed by atoms with Gasteiger partial charge in [-0.15, -0.1) is 0 Å². The number of hydrogen-bond donors (Lipinski definition) is 0. The Labute approximate surface area is 127 Å². The molecule has 1 saturated heterocycles. The van der Waals surface area contributed by atoms with Gasteiger partial charge in [0.2, 0.25) is 5.91 Å². The molecular weight excluding hydrogens is 260 g/mol. The summed E-state index contributed by atoms with van der Waals surface area (Å²) < 4.78 is 0. The van der Waals surface area contributed by atoms with Crippen LogP contribution in [-0.4, -0.2) is 42.4 Å². The van der Waals surface area contributed by atoms with Gasteiger partial charge in [-0.1, -0.05) is 49.6 Å². The van der Waals surface area contributed by atoms with Crippen molar-refractivity contribution in [3.05, 3.63) is 35.9 Å². The van der Waals surface area contributed by atoms with Gasteiger partial charge in [0.15, 0.2) is 0 Å². The molecule has 3 nitrogen and oxygen atoms in total. The molecule has 0 aromatic heterocycles. The van der Waals surface area contributed by atoms with Gasteiger partial charge in [0, 0.05) is 25.6 Å². The first-order valence-electron chi connectivity index (χ1n) is 8.29. The van der Waals surface area contributed by atoms with Crippen LogP contribution in [0, 0.1) is 5.92 Å². The zero-order chi connectivity index (χ0) is 14.7. The van der Waals surface area contributed by atoms with E-state index in [9.17, 15) is 4.79 Å². The van der Waals surface area contributed by atoms with Crippen molar-refractivity contribution in [1.29, 1.82) is 0 Å². The van der Waals surface area contributed by atoms with Gasteiger partial charge in [-0.05, 0) is 25.5 Å². The van der Waals surface area contributed by atoms with E-state index in [0.717, 1.165) is 32.5 Å². The highest BCUT2D eigenvalue weighted by Gasteiger charge is 2.34. The second-order valence-electron chi connectivity index (χ2n) is 6.56. The Morgan fingerprint density at radius 1 is 1.05 bits per heavy atom. The van der Waals surface area contributed by atoms with Gasteiger partial charge in [-0.25, -0.2) is 0 Å². The average molecular weight is 286 g/mol. The fourth-order valence-electron chi connectivity index (χ4n) is 3.73. The molecule has 114 valence electrons. The summed E-state index contributed by atoms with van der Waals surface area (Å²) in [5.74, 6) is 0.671. The molecule has 0 N–H and O–H groups in total. The summed E-state index contributed by atoms with van der Waals surface area (Å²) in [7, 11) is 2.15. The third-order valence-corrected chi connectivity index (χ3v) is 5.01. The van der Waals surface area contributed by atoms with Crippen LogP contribution in [0.5, 0.6) is 0 Å². The lowest BCUT2D eigenvalue weighted by molar-refractivity contribution is -0.141. The molecule has 1 amide bonds. The molecule has 1 aromatic carbocycles. The highest BCUT2D eigenvalue weighted by molar-refractivity contribution is 5.79. The first-order chi connectivity index (χ1) is 10.3. The van der Waals surface area contributed by atoms with Gasteiger partial charge in [-0.3, -0.25) is 4.79 Å². The highest BCUT2D eigenvalue weighted by Crippen LogP contribution is 2.31. The van der Waals surface area contributed by atoms with Crippen LogP contribution in [0.15, 0.2) is 30.3 Å². The van der Waals surface area contributed by atoms with E-state index >= 15 is 0 Å². The molecule has 0 bridgehead atoms. The Kier molecular flexibility index (Phi) is 4.59. The molecule has 2 aliphatic rings. The van der Waals surface area contributed by atoms with E-state index in [4.69, 9.17) is 0 Å². The monoisotopic (exact) mass is 286 g/mol. The molecule has 3 rings (SSSR count). The summed E-state index contributed by atoms with van der Waals surface area (Å²) in [4.78, 5) is 17.4. The van der Waals surface area contributed by atoms with Crippen molar-refractivity contribution >= 4 is 5.91 Å². The van der Waals surface area contributed by atoms with Gasteiger partial charge < -0.3 is 9.80 Å². The van der Waals surface area contributed by atoms with Gasteiger partial charge >= 0.3 is 0 Å². The number of amides is 1. The van der Waals surface area contributed by atoms with E-state index in [2.05, 4.69) is 41.1 Å². The van der Waals surface area contributed by atoms with E-state index < -0.39 is 0 Å². The molecule has 0 spiro atoms. The molecule has 1 saturated carbocycles. The lowest BCUT2D eigenvalue weighted by Gasteiger charge is -2.42. The van der Waals surface area contributed by atoms with E-state index in [-0.39, 0.29) is 12.0 Å². The topological polar surface area (TPSA) is 23.6 Å². The molecule has 1 heterocycles. The van der Waals surface area contributed by atoms with Crippen molar-refractivity contribution in [2.24, 2.45) is 5.92 Å². The van der Waals surface area contributed by atoms with Gasteiger partial charge in [0.25, 0.3) is 0 Å². The normalized spacial score (nSPS) is 25.0. The fourth-order valence-corrected chi connectivity index (χ4v) is 3.73. The van der Waals surface area contributed by atoms with E-state index in [0.29, 0.717) is 5.91 Å². The zero-order valence-corrected chi connectivity index (χ0v) is 13.0. The summed E-state index contributed by atoms with van der Waals surface area (Å²) in [5, 5.41) is 0. The summed E-state index contributed by atoms with van der Waals surface area (Å²) in [6.07, 6.45) is 5.92. The number of benzene rings is 1. The molecule has 1 aromatic rings. The Morgan fingerprint density at radius 3 is 2.48 bits per heavy atom. The van der Waals surface area contributed by atoms with Crippen molar-refractivity contribution < 1.29 is 4.79 Å². The second-order valence-corrected chi connectivity index (χ2v) is 6.56. The zero-order valence-electron chi connectivity index (χ0n) is 13.0. The third kappa shape index (κ3) is 3.29. The van der Waals surface area contributed by atoms with Crippen LogP contribution in [0.3, 0.4) is 0 Å². The maximum absolute atomic E-state index is 13.0.